The van der Waals surface area contributed by atoms with Crippen molar-refractivity contribution < 1.29 is 13.5 Å². The van der Waals surface area contributed by atoms with E-state index >= 15 is 0 Å². The molecule has 158 valence electrons. The summed E-state index contributed by atoms with van der Waals surface area (Å²) in [6.07, 6.45) is 0. The number of piperazine rings is 1. The number of anilines is 1. The molecule has 29 heavy (non-hydrogen) atoms. The van der Waals surface area contributed by atoms with Gasteiger partial charge in [0, 0.05) is 52.9 Å². The van der Waals surface area contributed by atoms with E-state index < -0.39 is 11.6 Å². The van der Waals surface area contributed by atoms with Gasteiger partial charge in [-0.1, -0.05) is 24.3 Å². The van der Waals surface area contributed by atoms with Crippen molar-refractivity contribution in [2.45, 2.75) is 13.2 Å². The van der Waals surface area contributed by atoms with E-state index in [9.17, 15) is 8.78 Å². The average Bonchev–Trinajstić information content (AvgIpc) is 2.72. The van der Waals surface area contributed by atoms with Crippen LogP contribution in [0.5, 0.6) is 0 Å². The van der Waals surface area contributed by atoms with E-state index in [0.29, 0.717) is 45.0 Å². The minimum atomic E-state index is -0.423. The van der Waals surface area contributed by atoms with Crippen molar-refractivity contribution >= 4 is 35.6 Å². The van der Waals surface area contributed by atoms with Crippen molar-refractivity contribution in [1.29, 1.82) is 0 Å². The second-order valence-corrected chi connectivity index (χ2v) is 6.72. The van der Waals surface area contributed by atoms with Gasteiger partial charge in [-0.25, -0.2) is 8.78 Å². The van der Waals surface area contributed by atoms with Crippen molar-refractivity contribution in [1.82, 2.24) is 10.2 Å². The lowest BCUT2D eigenvalue weighted by molar-refractivity contribution is 0.185. The predicted octanol–water partition coefficient (Wildman–Crippen LogP) is 3.63. The highest BCUT2D eigenvalue weighted by Gasteiger charge is 2.22. The first-order valence-electron chi connectivity index (χ1n) is 9.33. The molecule has 1 saturated heterocycles. The van der Waals surface area contributed by atoms with Crippen molar-refractivity contribution in [2.24, 2.45) is 4.99 Å². The Balaban J connectivity index is 0.00000300. The van der Waals surface area contributed by atoms with Crippen molar-refractivity contribution in [2.75, 3.05) is 45.2 Å². The van der Waals surface area contributed by atoms with Crippen LogP contribution in [0.3, 0.4) is 0 Å². The summed E-state index contributed by atoms with van der Waals surface area (Å²) in [7, 11) is 3.44. The standard InChI is InChI=1S/C21H26F2N4O.HI/c1-24-21(25-14-16-3-5-17(6-4-16)15-28-2)27-11-9-26(10-12-27)20-13-18(22)7-8-19(20)23;/h3-8,13H,9-12,14-15H2,1-2H3,(H,24,25);1H. The van der Waals surface area contributed by atoms with Gasteiger partial charge >= 0.3 is 0 Å². The molecular formula is C21H27F2IN4O. The third-order valence-corrected chi connectivity index (χ3v) is 4.82. The molecule has 5 nitrogen and oxygen atoms in total. The van der Waals surface area contributed by atoms with Gasteiger partial charge in [0.2, 0.25) is 0 Å². The fourth-order valence-electron chi connectivity index (χ4n) is 3.32. The highest BCUT2D eigenvalue weighted by Crippen LogP contribution is 2.22. The van der Waals surface area contributed by atoms with Crippen LogP contribution in [0.15, 0.2) is 47.5 Å². The van der Waals surface area contributed by atoms with Gasteiger partial charge in [0.1, 0.15) is 11.6 Å². The van der Waals surface area contributed by atoms with Gasteiger partial charge in [-0.05, 0) is 23.3 Å². The molecule has 1 heterocycles. The zero-order valence-electron chi connectivity index (χ0n) is 16.7. The van der Waals surface area contributed by atoms with Crippen LogP contribution < -0.4 is 10.2 Å². The zero-order valence-corrected chi connectivity index (χ0v) is 19.0. The molecule has 0 atom stereocenters. The maximum atomic E-state index is 14.0. The van der Waals surface area contributed by atoms with Crippen LogP contribution in [0.1, 0.15) is 11.1 Å². The quantitative estimate of drug-likeness (QED) is 0.375. The summed E-state index contributed by atoms with van der Waals surface area (Å²) < 4.78 is 32.6. The monoisotopic (exact) mass is 516 g/mol. The summed E-state index contributed by atoms with van der Waals surface area (Å²) in [4.78, 5) is 8.37. The largest absolute Gasteiger partial charge is 0.380 e. The van der Waals surface area contributed by atoms with Gasteiger partial charge in [0.15, 0.2) is 5.96 Å². The zero-order chi connectivity index (χ0) is 19.9. The number of halogens is 3. The van der Waals surface area contributed by atoms with Crippen molar-refractivity contribution in [3.05, 3.63) is 65.2 Å². The molecule has 0 aliphatic carbocycles. The summed E-state index contributed by atoms with van der Waals surface area (Å²) >= 11 is 0. The number of nitrogens with one attached hydrogen (secondary N) is 1. The van der Waals surface area contributed by atoms with Crippen molar-refractivity contribution in [3.8, 4) is 0 Å². The van der Waals surface area contributed by atoms with Gasteiger partial charge in [-0.15, -0.1) is 24.0 Å². The molecule has 0 bridgehead atoms. The summed E-state index contributed by atoms with van der Waals surface area (Å²) in [6, 6.07) is 11.8. The maximum Gasteiger partial charge on any atom is 0.194 e. The van der Waals surface area contributed by atoms with Crippen LogP contribution in [-0.4, -0.2) is 51.2 Å². The predicted molar refractivity (Wildman–Crippen MR) is 123 cm³/mol. The average molecular weight is 516 g/mol. The molecule has 0 aromatic heterocycles. The van der Waals surface area contributed by atoms with Crippen LogP contribution in [0, 0.1) is 11.6 Å². The van der Waals surface area contributed by atoms with E-state index in [-0.39, 0.29) is 24.0 Å². The number of hydrogen-bond donors (Lipinski definition) is 1. The number of benzene rings is 2. The first kappa shape index (κ1) is 23.3. The number of aliphatic imine (C=N–C) groups is 1. The molecule has 0 amide bonds. The van der Waals surface area contributed by atoms with Crippen LogP contribution in [0.4, 0.5) is 14.5 Å². The molecule has 1 fully saturated rings. The molecule has 0 spiro atoms. The van der Waals surface area contributed by atoms with E-state index in [0.717, 1.165) is 23.2 Å². The Hall–Kier alpha value is -1.94. The summed E-state index contributed by atoms with van der Waals surface area (Å²) in [6.45, 7) is 3.84. The Morgan fingerprint density at radius 1 is 1.03 bits per heavy atom. The Morgan fingerprint density at radius 3 is 2.31 bits per heavy atom. The van der Waals surface area contributed by atoms with E-state index in [1.165, 1.54) is 12.1 Å². The van der Waals surface area contributed by atoms with Gasteiger partial charge in [-0.2, -0.15) is 0 Å². The molecule has 8 heteroatoms. The molecule has 0 unspecified atom stereocenters. The van der Waals surface area contributed by atoms with Crippen LogP contribution in [0.25, 0.3) is 0 Å². The van der Waals surface area contributed by atoms with E-state index in [1.807, 2.05) is 4.90 Å². The highest BCUT2D eigenvalue weighted by atomic mass is 127. The van der Waals surface area contributed by atoms with Gasteiger partial charge in [-0.3, -0.25) is 4.99 Å². The van der Waals surface area contributed by atoms with Crippen molar-refractivity contribution in [3.63, 3.8) is 0 Å². The molecule has 0 radical (unpaired) electrons. The minimum Gasteiger partial charge on any atom is -0.380 e. The Bertz CT molecular complexity index is 809. The van der Waals surface area contributed by atoms with E-state index in [2.05, 4.69) is 39.5 Å². The molecule has 0 saturated carbocycles. The molecule has 1 N–H and O–H groups in total. The molecule has 3 rings (SSSR count). The lowest BCUT2D eigenvalue weighted by Crippen LogP contribution is -2.52. The fraction of sp³-hybridized carbons (Fsp3) is 0.381. The van der Waals surface area contributed by atoms with E-state index in [1.54, 1.807) is 14.2 Å². The first-order chi connectivity index (χ1) is 13.6. The molecule has 2 aromatic rings. The first-order valence-corrected chi connectivity index (χ1v) is 9.33. The number of hydrogen-bond acceptors (Lipinski definition) is 3. The maximum absolute atomic E-state index is 14.0. The lowest BCUT2D eigenvalue weighted by Gasteiger charge is -2.37. The normalized spacial score (nSPS) is 14.6. The van der Waals surface area contributed by atoms with Crippen LogP contribution >= 0.6 is 24.0 Å². The highest BCUT2D eigenvalue weighted by molar-refractivity contribution is 14.0. The topological polar surface area (TPSA) is 40.1 Å². The Labute approximate surface area is 187 Å². The summed E-state index contributed by atoms with van der Waals surface area (Å²) in [5, 5.41) is 3.37. The molecular weight excluding hydrogens is 489 g/mol. The number of nitrogens with zero attached hydrogens (tertiary/aromatic N) is 3. The third kappa shape index (κ3) is 6.27. The van der Waals surface area contributed by atoms with Crippen LogP contribution in [0.2, 0.25) is 0 Å². The SMILES string of the molecule is CN=C(NCc1ccc(COC)cc1)N1CCN(c2cc(F)ccc2F)CC1.I. The van der Waals surface area contributed by atoms with Gasteiger partial charge in [0.25, 0.3) is 0 Å². The number of rotatable bonds is 5. The van der Waals surface area contributed by atoms with Crippen LogP contribution in [-0.2, 0) is 17.9 Å². The summed E-state index contributed by atoms with van der Waals surface area (Å²) in [5.74, 6) is -0.0116. The lowest BCUT2D eigenvalue weighted by atomic mass is 10.1. The number of methoxy groups -OCH3 is 1. The Morgan fingerprint density at radius 2 is 1.69 bits per heavy atom. The Kier molecular flexibility index (Phi) is 9.09. The number of guanidine groups is 1. The fourth-order valence-corrected chi connectivity index (χ4v) is 3.32. The van der Waals surface area contributed by atoms with Gasteiger partial charge < -0.3 is 19.9 Å². The minimum absolute atomic E-state index is 0. The molecule has 1 aliphatic heterocycles. The smallest absolute Gasteiger partial charge is 0.194 e. The van der Waals surface area contributed by atoms with E-state index in [4.69, 9.17) is 4.74 Å². The second kappa shape index (κ2) is 11.3. The molecule has 1 aliphatic rings. The third-order valence-electron chi connectivity index (χ3n) is 4.82. The second-order valence-electron chi connectivity index (χ2n) is 6.72. The summed E-state index contributed by atoms with van der Waals surface area (Å²) in [5.41, 5.74) is 2.61. The molecule has 2 aromatic carbocycles. The van der Waals surface area contributed by atoms with Gasteiger partial charge in [0.05, 0.1) is 12.3 Å². The number of ether oxygens (including phenoxy) is 1.